The standard InChI is InChI=1S/C26H24N6O2/c1-30(15-19-2-6-24(7-3-19)32-11-9-27-18-32)25(33)21-4-5-22-16-31(10-8-20(22)12-21)26(34)23-13-28-17-29-14-23/h2-7,9,11-14,17-18H,8,10,15-16H2,1H3. The van der Waals surface area contributed by atoms with Gasteiger partial charge in [0.15, 0.2) is 0 Å². The summed E-state index contributed by atoms with van der Waals surface area (Å²) >= 11 is 0. The van der Waals surface area contributed by atoms with Crippen molar-refractivity contribution in [2.24, 2.45) is 0 Å². The van der Waals surface area contributed by atoms with Crippen LogP contribution in [0, 0.1) is 0 Å². The van der Waals surface area contributed by atoms with Crippen molar-refractivity contribution in [2.75, 3.05) is 13.6 Å². The van der Waals surface area contributed by atoms with Crippen LogP contribution in [0.3, 0.4) is 0 Å². The van der Waals surface area contributed by atoms with Crippen LogP contribution in [-0.2, 0) is 19.5 Å². The minimum absolute atomic E-state index is 0.0265. The van der Waals surface area contributed by atoms with Crippen molar-refractivity contribution < 1.29 is 9.59 Å². The number of amides is 2. The maximum Gasteiger partial charge on any atom is 0.257 e. The van der Waals surface area contributed by atoms with E-state index in [0.717, 1.165) is 22.4 Å². The van der Waals surface area contributed by atoms with Gasteiger partial charge in [0.1, 0.15) is 6.33 Å². The number of aromatic nitrogens is 4. The largest absolute Gasteiger partial charge is 0.337 e. The van der Waals surface area contributed by atoms with Gasteiger partial charge < -0.3 is 14.4 Å². The molecule has 2 amide bonds. The van der Waals surface area contributed by atoms with Crippen molar-refractivity contribution >= 4 is 11.8 Å². The molecule has 2 aromatic heterocycles. The maximum absolute atomic E-state index is 13.1. The lowest BCUT2D eigenvalue weighted by atomic mass is 9.96. The van der Waals surface area contributed by atoms with E-state index in [4.69, 9.17) is 0 Å². The molecule has 5 rings (SSSR count). The van der Waals surface area contributed by atoms with Gasteiger partial charge in [0.2, 0.25) is 0 Å². The van der Waals surface area contributed by atoms with Gasteiger partial charge in [-0.2, -0.15) is 0 Å². The van der Waals surface area contributed by atoms with Crippen molar-refractivity contribution in [1.29, 1.82) is 0 Å². The van der Waals surface area contributed by atoms with Crippen LogP contribution in [0.25, 0.3) is 5.69 Å². The van der Waals surface area contributed by atoms with Crippen LogP contribution in [0.15, 0.2) is 79.9 Å². The summed E-state index contributed by atoms with van der Waals surface area (Å²) in [6.45, 7) is 1.62. The molecule has 2 aromatic carbocycles. The molecule has 0 aliphatic carbocycles. The molecule has 0 spiro atoms. The summed E-state index contributed by atoms with van der Waals surface area (Å²) in [7, 11) is 1.81. The summed E-state index contributed by atoms with van der Waals surface area (Å²) in [5.74, 6) is -0.105. The van der Waals surface area contributed by atoms with Crippen molar-refractivity contribution in [1.82, 2.24) is 29.3 Å². The SMILES string of the molecule is CN(Cc1ccc(-n2ccnc2)cc1)C(=O)c1ccc2c(c1)CCN(C(=O)c1cncnc1)C2. The molecule has 0 radical (unpaired) electrons. The highest BCUT2D eigenvalue weighted by molar-refractivity contribution is 5.95. The lowest BCUT2D eigenvalue weighted by Gasteiger charge is -2.29. The van der Waals surface area contributed by atoms with E-state index in [9.17, 15) is 9.59 Å². The fourth-order valence-corrected chi connectivity index (χ4v) is 4.20. The highest BCUT2D eigenvalue weighted by Gasteiger charge is 2.23. The fourth-order valence-electron chi connectivity index (χ4n) is 4.20. The van der Waals surface area contributed by atoms with E-state index in [2.05, 4.69) is 15.0 Å². The normalized spacial score (nSPS) is 12.8. The van der Waals surface area contributed by atoms with Gasteiger partial charge in [-0.15, -0.1) is 0 Å². The lowest BCUT2D eigenvalue weighted by Crippen LogP contribution is -2.36. The van der Waals surface area contributed by atoms with Gasteiger partial charge in [-0.25, -0.2) is 15.0 Å². The predicted molar refractivity (Wildman–Crippen MR) is 126 cm³/mol. The summed E-state index contributed by atoms with van der Waals surface area (Å²) in [6.07, 6.45) is 10.6. The molecule has 0 bridgehead atoms. The van der Waals surface area contributed by atoms with E-state index in [1.165, 1.54) is 18.7 Å². The van der Waals surface area contributed by atoms with Crippen molar-refractivity contribution in [2.45, 2.75) is 19.5 Å². The Morgan fingerprint density at radius 3 is 2.50 bits per heavy atom. The average molecular weight is 453 g/mol. The molecule has 1 aliphatic heterocycles. The van der Waals surface area contributed by atoms with Crippen molar-refractivity contribution in [3.05, 3.63) is 108 Å². The van der Waals surface area contributed by atoms with Gasteiger partial charge in [-0.05, 0) is 47.4 Å². The molecule has 0 N–H and O–H groups in total. The smallest absolute Gasteiger partial charge is 0.257 e. The zero-order valence-corrected chi connectivity index (χ0v) is 18.8. The van der Waals surface area contributed by atoms with E-state index in [1.54, 1.807) is 22.3 Å². The monoisotopic (exact) mass is 452 g/mol. The minimum Gasteiger partial charge on any atom is -0.337 e. The van der Waals surface area contributed by atoms with E-state index in [1.807, 2.05) is 60.3 Å². The number of benzene rings is 2. The maximum atomic E-state index is 13.1. The molecule has 8 heteroatoms. The summed E-state index contributed by atoms with van der Waals surface area (Å²) < 4.78 is 1.94. The Morgan fingerprint density at radius 1 is 0.971 bits per heavy atom. The zero-order chi connectivity index (χ0) is 23.5. The van der Waals surface area contributed by atoms with Crippen LogP contribution in [0.1, 0.15) is 37.4 Å². The third kappa shape index (κ3) is 4.43. The predicted octanol–water partition coefficient (Wildman–Crippen LogP) is 3.13. The molecular formula is C26H24N6O2. The van der Waals surface area contributed by atoms with E-state index in [-0.39, 0.29) is 11.8 Å². The molecule has 170 valence electrons. The summed E-state index contributed by atoms with van der Waals surface area (Å²) in [5, 5.41) is 0. The minimum atomic E-state index is -0.0785. The van der Waals surface area contributed by atoms with Gasteiger partial charge in [-0.1, -0.05) is 18.2 Å². The van der Waals surface area contributed by atoms with Crippen LogP contribution in [0.2, 0.25) is 0 Å². The average Bonchev–Trinajstić information content (AvgIpc) is 3.43. The summed E-state index contributed by atoms with van der Waals surface area (Å²) in [5.41, 5.74) is 5.39. The number of hydrogen-bond donors (Lipinski definition) is 0. The first-order valence-electron chi connectivity index (χ1n) is 11.1. The third-order valence-electron chi connectivity index (χ3n) is 6.07. The summed E-state index contributed by atoms with van der Waals surface area (Å²) in [4.78, 5) is 41.3. The molecule has 0 saturated carbocycles. The van der Waals surface area contributed by atoms with Crippen LogP contribution >= 0.6 is 0 Å². The number of fused-ring (bicyclic) bond motifs is 1. The molecule has 0 atom stereocenters. The topological polar surface area (TPSA) is 84.2 Å². The van der Waals surface area contributed by atoms with Gasteiger partial charge in [0.05, 0.1) is 11.9 Å². The Kier molecular flexibility index (Phi) is 5.86. The molecule has 4 aromatic rings. The molecule has 3 heterocycles. The number of hydrogen-bond acceptors (Lipinski definition) is 5. The van der Waals surface area contributed by atoms with Gasteiger partial charge in [-0.3, -0.25) is 9.59 Å². The van der Waals surface area contributed by atoms with Gasteiger partial charge >= 0.3 is 0 Å². The Hall–Kier alpha value is -4.33. The molecule has 34 heavy (non-hydrogen) atoms. The number of rotatable bonds is 5. The Morgan fingerprint density at radius 2 is 1.76 bits per heavy atom. The van der Waals surface area contributed by atoms with Crippen LogP contribution in [-0.4, -0.2) is 54.7 Å². The first kappa shape index (κ1) is 21.5. The van der Waals surface area contributed by atoms with E-state index >= 15 is 0 Å². The van der Waals surface area contributed by atoms with Crippen LogP contribution in [0.5, 0.6) is 0 Å². The van der Waals surface area contributed by atoms with Crippen LogP contribution < -0.4 is 0 Å². The second kappa shape index (κ2) is 9.27. The van der Waals surface area contributed by atoms with Crippen molar-refractivity contribution in [3.8, 4) is 5.69 Å². The van der Waals surface area contributed by atoms with E-state index < -0.39 is 0 Å². The lowest BCUT2D eigenvalue weighted by molar-refractivity contribution is 0.0731. The second-order valence-electron chi connectivity index (χ2n) is 8.38. The van der Waals surface area contributed by atoms with E-state index in [0.29, 0.717) is 37.2 Å². The second-order valence-corrected chi connectivity index (χ2v) is 8.38. The fraction of sp³-hybridized carbons (Fsp3) is 0.192. The number of carbonyl (C=O) groups is 2. The van der Waals surface area contributed by atoms with Gasteiger partial charge in [0.25, 0.3) is 11.8 Å². The van der Waals surface area contributed by atoms with Crippen molar-refractivity contribution in [3.63, 3.8) is 0 Å². The first-order chi connectivity index (χ1) is 16.6. The quantitative estimate of drug-likeness (QED) is 0.465. The number of carbonyl (C=O) groups excluding carboxylic acids is 2. The first-order valence-corrected chi connectivity index (χ1v) is 11.1. The Labute approximate surface area is 197 Å². The summed E-state index contributed by atoms with van der Waals surface area (Å²) in [6, 6.07) is 13.8. The zero-order valence-electron chi connectivity index (χ0n) is 18.8. The highest BCUT2D eigenvalue weighted by Crippen LogP contribution is 2.23. The molecule has 0 unspecified atom stereocenters. The molecule has 0 fully saturated rings. The third-order valence-corrected chi connectivity index (χ3v) is 6.07. The van der Waals surface area contributed by atoms with Gasteiger partial charge in [0, 0.05) is 62.7 Å². The number of imidazole rings is 1. The molecule has 0 saturated heterocycles. The highest BCUT2D eigenvalue weighted by atomic mass is 16.2. The molecular weight excluding hydrogens is 428 g/mol. The molecule has 1 aliphatic rings. The Balaban J connectivity index is 1.24. The Bertz CT molecular complexity index is 1300. The number of nitrogens with zero attached hydrogens (tertiary/aromatic N) is 6. The van der Waals surface area contributed by atoms with Crippen LogP contribution in [0.4, 0.5) is 0 Å². The molecule has 8 nitrogen and oxygen atoms in total.